The number of benzene rings is 1. The first-order valence-corrected chi connectivity index (χ1v) is 12.8. The Bertz CT molecular complexity index is 958. The number of carbonyl (C=O) groups is 1. The zero-order valence-electron chi connectivity index (χ0n) is 17.9. The van der Waals surface area contributed by atoms with Crippen LogP contribution in [0, 0.1) is 0 Å². The number of thioether (sulfide) groups is 1. The van der Waals surface area contributed by atoms with Gasteiger partial charge >= 0.3 is 0 Å². The van der Waals surface area contributed by atoms with Crippen LogP contribution in [0.4, 0.5) is 0 Å². The lowest BCUT2D eigenvalue weighted by Crippen LogP contribution is -2.39. The zero-order valence-corrected chi connectivity index (χ0v) is 19.5. The van der Waals surface area contributed by atoms with E-state index in [1.165, 1.54) is 37.6 Å². The smallest absolute Gasteiger partial charge is 0.230 e. The maximum Gasteiger partial charge on any atom is 0.230 e. The van der Waals surface area contributed by atoms with Gasteiger partial charge in [-0.3, -0.25) is 9.36 Å². The summed E-state index contributed by atoms with van der Waals surface area (Å²) in [6.45, 7) is 5.27. The quantitative estimate of drug-likeness (QED) is 0.381. The van der Waals surface area contributed by atoms with Crippen LogP contribution in [-0.2, 0) is 4.79 Å². The van der Waals surface area contributed by atoms with Crippen LogP contribution in [0.25, 0.3) is 16.4 Å². The van der Waals surface area contributed by atoms with E-state index in [4.69, 9.17) is 0 Å². The van der Waals surface area contributed by atoms with Gasteiger partial charge in [0.15, 0.2) is 11.0 Å². The second kappa shape index (κ2) is 10.9. The number of amides is 1. The van der Waals surface area contributed by atoms with Gasteiger partial charge in [-0.2, -0.15) is 0 Å². The first-order chi connectivity index (χ1) is 15.2. The lowest BCUT2D eigenvalue weighted by Gasteiger charge is -2.33. The number of carbonyl (C=O) groups excluding carboxylic acids is 1. The largest absolute Gasteiger partial charge is 0.355 e. The number of likely N-dealkylation sites (tertiary alicyclic amines) is 1. The van der Waals surface area contributed by atoms with Crippen LogP contribution in [0.1, 0.15) is 32.6 Å². The van der Waals surface area contributed by atoms with Crippen molar-refractivity contribution < 1.29 is 4.79 Å². The van der Waals surface area contributed by atoms with E-state index in [2.05, 4.69) is 27.3 Å². The number of nitrogens with one attached hydrogen (secondary N) is 1. The Balaban J connectivity index is 1.32. The van der Waals surface area contributed by atoms with Gasteiger partial charge in [0.25, 0.3) is 0 Å². The van der Waals surface area contributed by atoms with Crippen molar-refractivity contribution in [3.63, 3.8) is 0 Å². The van der Waals surface area contributed by atoms with Crippen LogP contribution in [-0.4, -0.2) is 57.0 Å². The molecule has 6 nitrogen and oxygen atoms in total. The molecule has 1 saturated heterocycles. The van der Waals surface area contributed by atoms with Crippen molar-refractivity contribution in [1.82, 2.24) is 25.0 Å². The third-order valence-corrected chi connectivity index (χ3v) is 7.40. The fraction of sp³-hybridized carbons (Fsp3) is 0.435. The molecule has 1 aliphatic heterocycles. The molecule has 1 aliphatic rings. The number of para-hydroxylation sites is 1. The summed E-state index contributed by atoms with van der Waals surface area (Å²) in [6, 6.07) is 14.8. The van der Waals surface area contributed by atoms with Crippen LogP contribution < -0.4 is 5.32 Å². The second-order valence-corrected chi connectivity index (χ2v) is 9.72. The van der Waals surface area contributed by atoms with Gasteiger partial charge < -0.3 is 10.2 Å². The highest BCUT2D eigenvalue weighted by Gasteiger charge is 2.19. The highest BCUT2D eigenvalue weighted by molar-refractivity contribution is 7.99. The molecule has 0 radical (unpaired) electrons. The van der Waals surface area contributed by atoms with Gasteiger partial charge in [0.2, 0.25) is 5.91 Å². The molecule has 4 rings (SSSR count). The summed E-state index contributed by atoms with van der Waals surface area (Å²) < 4.78 is 2.03. The fourth-order valence-corrected chi connectivity index (χ4v) is 5.40. The standard InChI is InChI=1S/C23H29N5OS2/c1-18-9-5-6-14-27(18)15-8-13-24-21(29)17-31-23-26-25-22(20-12-7-16-30-20)28(23)19-10-3-2-4-11-19/h2-4,7,10-12,16,18H,5-6,8-9,13-15,17H2,1H3,(H,24,29). The first kappa shape index (κ1) is 22.0. The molecule has 164 valence electrons. The van der Waals surface area contributed by atoms with Crippen molar-refractivity contribution in [2.45, 2.75) is 43.8 Å². The van der Waals surface area contributed by atoms with E-state index < -0.39 is 0 Å². The summed E-state index contributed by atoms with van der Waals surface area (Å²) in [7, 11) is 0. The summed E-state index contributed by atoms with van der Waals surface area (Å²) in [5.41, 5.74) is 0.995. The molecule has 3 heterocycles. The molecule has 1 aromatic carbocycles. The van der Waals surface area contributed by atoms with E-state index in [0.29, 0.717) is 18.3 Å². The summed E-state index contributed by atoms with van der Waals surface area (Å²) in [4.78, 5) is 16.0. The van der Waals surface area contributed by atoms with Gasteiger partial charge in [-0.25, -0.2) is 0 Å². The number of rotatable bonds is 9. The van der Waals surface area contributed by atoms with Gasteiger partial charge in [0, 0.05) is 24.8 Å². The van der Waals surface area contributed by atoms with Crippen LogP contribution in [0.5, 0.6) is 0 Å². The van der Waals surface area contributed by atoms with Crippen molar-refractivity contribution in [2.75, 3.05) is 25.4 Å². The Morgan fingerprint density at radius 2 is 2.06 bits per heavy atom. The third-order valence-electron chi connectivity index (χ3n) is 5.61. The average Bonchev–Trinajstić information content (AvgIpc) is 3.47. The number of aromatic nitrogens is 3. The summed E-state index contributed by atoms with van der Waals surface area (Å²) in [5.74, 6) is 1.17. The molecule has 1 amide bonds. The van der Waals surface area contributed by atoms with Crippen molar-refractivity contribution in [3.05, 3.63) is 47.8 Å². The van der Waals surface area contributed by atoms with E-state index in [9.17, 15) is 4.79 Å². The van der Waals surface area contributed by atoms with Gasteiger partial charge in [-0.1, -0.05) is 42.4 Å². The van der Waals surface area contributed by atoms with Gasteiger partial charge in [0.1, 0.15) is 0 Å². The lowest BCUT2D eigenvalue weighted by atomic mass is 10.0. The van der Waals surface area contributed by atoms with Crippen molar-refractivity contribution in [1.29, 1.82) is 0 Å². The molecule has 1 atom stereocenters. The van der Waals surface area contributed by atoms with E-state index >= 15 is 0 Å². The topological polar surface area (TPSA) is 63.1 Å². The van der Waals surface area contributed by atoms with Crippen LogP contribution in [0.15, 0.2) is 53.0 Å². The SMILES string of the molecule is CC1CCCCN1CCCNC(=O)CSc1nnc(-c2cccs2)n1-c1ccccc1. The van der Waals surface area contributed by atoms with Crippen molar-refractivity contribution in [3.8, 4) is 16.4 Å². The van der Waals surface area contributed by atoms with Gasteiger partial charge in [-0.05, 0) is 56.3 Å². The second-order valence-electron chi connectivity index (χ2n) is 7.83. The van der Waals surface area contributed by atoms with Crippen LogP contribution in [0.3, 0.4) is 0 Å². The minimum Gasteiger partial charge on any atom is -0.355 e. The molecule has 1 N–H and O–H groups in total. The fourth-order valence-electron chi connectivity index (χ4n) is 3.92. The Kier molecular flexibility index (Phi) is 7.77. The minimum atomic E-state index is 0.0389. The summed E-state index contributed by atoms with van der Waals surface area (Å²) in [5, 5.41) is 14.6. The molecule has 8 heteroatoms. The number of nitrogens with zero attached hydrogens (tertiary/aromatic N) is 4. The highest BCUT2D eigenvalue weighted by atomic mass is 32.2. The molecule has 0 spiro atoms. The molecular weight excluding hydrogens is 426 g/mol. The first-order valence-electron chi connectivity index (χ1n) is 10.9. The normalized spacial score (nSPS) is 17.0. The molecule has 3 aromatic rings. The van der Waals surface area contributed by atoms with Crippen molar-refractivity contribution >= 4 is 29.0 Å². The molecule has 2 aromatic heterocycles. The molecule has 0 bridgehead atoms. The predicted molar refractivity (Wildman–Crippen MR) is 128 cm³/mol. The van der Waals surface area contributed by atoms with Gasteiger partial charge in [-0.15, -0.1) is 21.5 Å². The summed E-state index contributed by atoms with van der Waals surface area (Å²) >= 11 is 3.06. The average molecular weight is 456 g/mol. The Labute approximate surface area is 192 Å². The Morgan fingerprint density at radius 1 is 1.19 bits per heavy atom. The van der Waals surface area contributed by atoms with E-state index in [-0.39, 0.29) is 5.91 Å². The monoisotopic (exact) mass is 455 g/mol. The predicted octanol–water partition coefficient (Wildman–Crippen LogP) is 4.47. The zero-order chi connectivity index (χ0) is 21.5. The van der Waals surface area contributed by atoms with E-state index in [1.54, 1.807) is 11.3 Å². The Morgan fingerprint density at radius 3 is 2.84 bits per heavy atom. The maximum absolute atomic E-state index is 12.4. The maximum atomic E-state index is 12.4. The van der Waals surface area contributed by atoms with E-state index in [1.807, 2.05) is 52.4 Å². The third kappa shape index (κ3) is 5.75. The van der Waals surface area contributed by atoms with Crippen LogP contribution >= 0.6 is 23.1 Å². The number of thiophene rings is 1. The number of piperidine rings is 1. The number of hydrogen-bond donors (Lipinski definition) is 1. The molecular formula is C23H29N5OS2. The summed E-state index contributed by atoms with van der Waals surface area (Å²) in [6.07, 6.45) is 4.92. The highest BCUT2D eigenvalue weighted by Crippen LogP contribution is 2.30. The van der Waals surface area contributed by atoms with Crippen LogP contribution in [0.2, 0.25) is 0 Å². The molecule has 0 saturated carbocycles. The van der Waals surface area contributed by atoms with Gasteiger partial charge in [0.05, 0.1) is 10.6 Å². The molecule has 31 heavy (non-hydrogen) atoms. The Hall–Kier alpha value is -2.16. The number of hydrogen-bond acceptors (Lipinski definition) is 6. The van der Waals surface area contributed by atoms with E-state index in [0.717, 1.165) is 34.5 Å². The van der Waals surface area contributed by atoms with Crippen molar-refractivity contribution in [2.24, 2.45) is 0 Å². The lowest BCUT2D eigenvalue weighted by molar-refractivity contribution is -0.118. The molecule has 1 unspecified atom stereocenters. The molecule has 0 aliphatic carbocycles. The molecule has 1 fully saturated rings. The minimum absolute atomic E-state index is 0.0389.